The maximum atomic E-state index is 14.2. The van der Waals surface area contributed by atoms with Crippen molar-refractivity contribution in [2.24, 2.45) is 14.1 Å². The fourth-order valence-electron chi connectivity index (χ4n) is 2.15. The average molecular weight is 392 g/mol. The van der Waals surface area contributed by atoms with Crippen LogP contribution in [0, 0.1) is 18.2 Å². The van der Waals surface area contributed by atoms with E-state index in [2.05, 4.69) is 16.1 Å². The summed E-state index contributed by atoms with van der Waals surface area (Å²) >= 11 is 0. The van der Waals surface area contributed by atoms with Gasteiger partial charge >= 0.3 is 17.3 Å². The summed E-state index contributed by atoms with van der Waals surface area (Å²) in [5.74, 6) is 0.687. The number of aliphatic hydroxyl groups is 1. The first kappa shape index (κ1) is 20.7. The zero-order valence-electron chi connectivity index (χ0n) is 15.0. The number of nitrogens with one attached hydrogen (secondary N) is 2. The predicted octanol–water partition coefficient (Wildman–Crippen LogP) is -0.0397. The smallest absolute Gasteiger partial charge is 0.399 e. The van der Waals surface area contributed by atoms with Crippen LogP contribution in [0.5, 0.6) is 5.75 Å². The van der Waals surface area contributed by atoms with Gasteiger partial charge in [-0.05, 0) is 18.2 Å². The second kappa shape index (κ2) is 8.85. The number of aliphatic hydroxyl groups excluding tert-OH is 1. The third kappa shape index (κ3) is 4.37. The number of halogens is 1. The van der Waals surface area contributed by atoms with Gasteiger partial charge in [0.15, 0.2) is 5.82 Å². The van der Waals surface area contributed by atoms with Crippen molar-refractivity contribution in [3.8, 4) is 18.1 Å². The number of carbonyl (C=O) groups is 1. The summed E-state index contributed by atoms with van der Waals surface area (Å²) in [6, 6.07) is 3.83. The predicted molar refractivity (Wildman–Crippen MR) is 96.7 cm³/mol. The number of benzene rings is 1. The third-order valence-corrected chi connectivity index (χ3v) is 3.56. The lowest BCUT2D eigenvalue weighted by molar-refractivity contribution is 0.0244. The standard InChI is InChI=1S/C17H17FN4O6/c1-4-10-5-6-12(11(18)9-10)19-14-13(28-16(25)20-27-8-7-23)15(24)22(3)17(26)21(14)2/h1,5-6,9,19,23H,7-8H2,2-3H3,(H,20,25). The highest BCUT2D eigenvalue weighted by Crippen LogP contribution is 2.25. The molecule has 10 nitrogen and oxygen atoms in total. The highest BCUT2D eigenvalue weighted by Gasteiger charge is 2.21. The first-order valence-corrected chi connectivity index (χ1v) is 7.83. The molecule has 0 saturated carbocycles. The van der Waals surface area contributed by atoms with E-state index >= 15 is 0 Å². The van der Waals surface area contributed by atoms with Gasteiger partial charge in [0.2, 0.25) is 5.75 Å². The lowest BCUT2D eigenvalue weighted by Crippen LogP contribution is -2.40. The van der Waals surface area contributed by atoms with Crippen LogP contribution < -0.4 is 26.8 Å². The Kier molecular flexibility index (Phi) is 6.54. The van der Waals surface area contributed by atoms with Gasteiger partial charge in [-0.25, -0.2) is 14.0 Å². The molecule has 3 N–H and O–H groups in total. The first-order chi connectivity index (χ1) is 13.3. The molecule has 11 heteroatoms. The summed E-state index contributed by atoms with van der Waals surface area (Å²) in [6.45, 7) is -0.570. The molecule has 0 bridgehead atoms. The van der Waals surface area contributed by atoms with Crippen LogP contribution in [0.25, 0.3) is 0 Å². The minimum Gasteiger partial charge on any atom is -0.399 e. The molecule has 0 saturated heterocycles. The Morgan fingerprint density at radius 1 is 1.32 bits per heavy atom. The molecule has 2 rings (SSSR count). The topological polar surface area (TPSA) is 124 Å². The second-order valence-electron chi connectivity index (χ2n) is 5.41. The van der Waals surface area contributed by atoms with E-state index in [-0.39, 0.29) is 30.3 Å². The van der Waals surface area contributed by atoms with E-state index in [0.717, 1.165) is 10.6 Å². The van der Waals surface area contributed by atoms with E-state index in [1.165, 1.54) is 26.2 Å². The highest BCUT2D eigenvalue weighted by atomic mass is 19.1. The summed E-state index contributed by atoms with van der Waals surface area (Å²) in [5, 5.41) is 11.2. The Balaban J connectivity index is 2.48. The van der Waals surface area contributed by atoms with Gasteiger partial charge in [-0.2, -0.15) is 5.48 Å². The first-order valence-electron chi connectivity index (χ1n) is 7.83. The number of terminal acetylenes is 1. The molecule has 148 valence electrons. The van der Waals surface area contributed by atoms with E-state index < -0.39 is 28.9 Å². The monoisotopic (exact) mass is 392 g/mol. The Hall–Kier alpha value is -3.62. The van der Waals surface area contributed by atoms with Gasteiger partial charge in [-0.1, -0.05) is 5.92 Å². The Morgan fingerprint density at radius 3 is 2.64 bits per heavy atom. The van der Waals surface area contributed by atoms with Crippen molar-refractivity contribution in [1.82, 2.24) is 14.6 Å². The molecule has 1 aromatic heterocycles. The van der Waals surface area contributed by atoms with E-state index in [1.54, 1.807) is 0 Å². The van der Waals surface area contributed by atoms with Crippen LogP contribution in [0.4, 0.5) is 20.7 Å². The van der Waals surface area contributed by atoms with Gasteiger partial charge in [-0.3, -0.25) is 18.8 Å². The molecule has 0 aliphatic rings. The average Bonchev–Trinajstić information content (AvgIpc) is 2.68. The minimum atomic E-state index is -1.18. The number of hydrogen-bond acceptors (Lipinski definition) is 7. The molecule has 2 aromatic rings. The minimum absolute atomic E-state index is 0.107. The molecule has 1 amide bonds. The summed E-state index contributed by atoms with van der Waals surface area (Å²) < 4.78 is 20.8. The van der Waals surface area contributed by atoms with Crippen molar-refractivity contribution in [2.75, 3.05) is 18.5 Å². The van der Waals surface area contributed by atoms with Crippen molar-refractivity contribution >= 4 is 17.6 Å². The number of aromatic nitrogens is 2. The van der Waals surface area contributed by atoms with Crippen LogP contribution in [-0.2, 0) is 18.9 Å². The van der Waals surface area contributed by atoms with Crippen LogP contribution in [0.1, 0.15) is 5.56 Å². The number of amides is 1. The number of nitrogens with zero attached hydrogens (tertiary/aromatic N) is 2. The van der Waals surface area contributed by atoms with Crippen molar-refractivity contribution < 1.29 is 23.9 Å². The molecule has 0 fully saturated rings. The van der Waals surface area contributed by atoms with Gasteiger partial charge in [0.1, 0.15) is 5.82 Å². The molecule has 0 unspecified atom stereocenters. The maximum absolute atomic E-state index is 14.2. The molecule has 0 aliphatic heterocycles. The lowest BCUT2D eigenvalue weighted by atomic mass is 10.2. The number of ether oxygens (including phenoxy) is 1. The molecule has 0 radical (unpaired) electrons. The maximum Gasteiger partial charge on any atom is 0.437 e. The van der Waals surface area contributed by atoms with Crippen molar-refractivity contribution in [2.45, 2.75) is 0 Å². The molecule has 0 spiro atoms. The highest BCUT2D eigenvalue weighted by molar-refractivity contribution is 5.73. The molecular formula is C17H17FN4O6. The van der Waals surface area contributed by atoms with Crippen molar-refractivity contribution in [3.05, 3.63) is 50.4 Å². The molecule has 1 heterocycles. The summed E-state index contributed by atoms with van der Waals surface area (Å²) in [5.41, 5.74) is 0.352. The van der Waals surface area contributed by atoms with Gasteiger partial charge in [0.25, 0.3) is 0 Å². The Labute approximate surface area is 158 Å². The van der Waals surface area contributed by atoms with Gasteiger partial charge in [0.05, 0.1) is 18.9 Å². The lowest BCUT2D eigenvalue weighted by Gasteiger charge is -2.16. The van der Waals surface area contributed by atoms with Crippen LogP contribution in [0.3, 0.4) is 0 Å². The number of hydrogen-bond donors (Lipinski definition) is 3. The Bertz CT molecular complexity index is 1050. The van der Waals surface area contributed by atoms with E-state index in [1.807, 2.05) is 5.48 Å². The van der Waals surface area contributed by atoms with Crippen LogP contribution >= 0.6 is 0 Å². The van der Waals surface area contributed by atoms with Crippen LogP contribution in [0.2, 0.25) is 0 Å². The fourth-order valence-corrected chi connectivity index (χ4v) is 2.15. The largest absolute Gasteiger partial charge is 0.437 e. The van der Waals surface area contributed by atoms with Gasteiger partial charge in [-0.15, -0.1) is 6.42 Å². The van der Waals surface area contributed by atoms with E-state index in [4.69, 9.17) is 16.3 Å². The molecule has 0 aliphatic carbocycles. The van der Waals surface area contributed by atoms with E-state index in [0.29, 0.717) is 4.57 Å². The summed E-state index contributed by atoms with van der Waals surface area (Å²) in [7, 11) is 2.48. The number of hydroxylamine groups is 1. The summed E-state index contributed by atoms with van der Waals surface area (Å²) in [4.78, 5) is 41.0. The molecule has 1 aromatic carbocycles. The van der Waals surface area contributed by atoms with Crippen LogP contribution in [0.15, 0.2) is 27.8 Å². The molecular weight excluding hydrogens is 375 g/mol. The number of rotatable bonds is 6. The number of anilines is 2. The van der Waals surface area contributed by atoms with Gasteiger partial charge < -0.3 is 15.2 Å². The normalized spacial score (nSPS) is 10.2. The molecule has 28 heavy (non-hydrogen) atoms. The quantitative estimate of drug-likeness (QED) is 0.358. The van der Waals surface area contributed by atoms with Gasteiger partial charge in [0, 0.05) is 19.7 Å². The third-order valence-electron chi connectivity index (χ3n) is 3.56. The molecule has 0 atom stereocenters. The zero-order chi connectivity index (χ0) is 20.8. The summed E-state index contributed by atoms with van der Waals surface area (Å²) in [6.07, 6.45) is 4.03. The van der Waals surface area contributed by atoms with Crippen LogP contribution in [-0.4, -0.2) is 33.5 Å². The fraction of sp³-hybridized carbons (Fsp3) is 0.235. The zero-order valence-corrected chi connectivity index (χ0v) is 15.0. The second-order valence-corrected chi connectivity index (χ2v) is 5.41. The number of carbonyl (C=O) groups excluding carboxylic acids is 1. The van der Waals surface area contributed by atoms with Crippen molar-refractivity contribution in [1.29, 1.82) is 0 Å². The van der Waals surface area contributed by atoms with E-state index in [9.17, 15) is 18.8 Å². The Morgan fingerprint density at radius 2 is 2.04 bits per heavy atom. The van der Waals surface area contributed by atoms with Crippen molar-refractivity contribution in [3.63, 3.8) is 0 Å². The SMILES string of the molecule is C#Cc1ccc(Nc2c(OC(=O)NOCCO)c(=O)n(C)c(=O)n2C)c(F)c1.